The largest absolute Gasteiger partial charge is 0.398 e. The van der Waals surface area contributed by atoms with Crippen LogP contribution in [0.15, 0.2) is 97.6 Å². The minimum absolute atomic E-state index is 0.721. The highest BCUT2D eigenvalue weighted by Gasteiger charge is 2.01. The van der Waals surface area contributed by atoms with Crippen LogP contribution >= 0.6 is 0 Å². The Bertz CT molecular complexity index is 813. The second kappa shape index (κ2) is 6.80. The van der Waals surface area contributed by atoms with E-state index >= 15 is 0 Å². The zero-order chi connectivity index (χ0) is 16.1. The highest BCUT2D eigenvalue weighted by Crippen LogP contribution is 2.22. The lowest BCUT2D eigenvalue weighted by Gasteiger charge is -2.07. The molecule has 0 fully saturated rings. The first-order valence-corrected chi connectivity index (χ1v) is 7.61. The van der Waals surface area contributed by atoms with E-state index in [1.807, 2.05) is 66.7 Å². The molecular formula is C22H19N. The van der Waals surface area contributed by atoms with Crippen LogP contribution in [0.25, 0.3) is 22.4 Å². The fourth-order valence-electron chi connectivity index (χ4n) is 2.49. The molecule has 3 aromatic rings. The highest BCUT2D eigenvalue weighted by atomic mass is 14.6. The van der Waals surface area contributed by atoms with Gasteiger partial charge in [-0.2, -0.15) is 0 Å². The van der Waals surface area contributed by atoms with Crippen LogP contribution in [0.5, 0.6) is 0 Å². The molecule has 0 atom stereocenters. The first kappa shape index (κ1) is 14.9. The van der Waals surface area contributed by atoms with Crippen LogP contribution in [0.2, 0.25) is 0 Å². The molecule has 0 radical (unpaired) electrons. The van der Waals surface area contributed by atoms with E-state index in [1.165, 1.54) is 11.1 Å². The highest BCUT2D eigenvalue weighted by molar-refractivity contribution is 5.82. The van der Waals surface area contributed by atoms with E-state index in [4.69, 9.17) is 5.73 Å². The molecule has 1 heteroatoms. The van der Waals surface area contributed by atoms with Crippen molar-refractivity contribution < 1.29 is 0 Å². The molecule has 112 valence electrons. The molecule has 2 N–H and O–H groups in total. The summed E-state index contributed by atoms with van der Waals surface area (Å²) in [6, 6.07) is 28.7. The van der Waals surface area contributed by atoms with E-state index < -0.39 is 0 Å². The normalized spacial score (nSPS) is 11.2. The Morgan fingerprint density at radius 3 is 1.78 bits per heavy atom. The Hall–Kier alpha value is -3.06. The Morgan fingerprint density at radius 1 is 0.652 bits per heavy atom. The van der Waals surface area contributed by atoms with E-state index in [1.54, 1.807) is 0 Å². The summed E-state index contributed by atoms with van der Waals surface area (Å²) in [6.07, 6.45) is 1.92. The molecule has 3 rings (SSSR count). The van der Waals surface area contributed by atoms with E-state index in [-0.39, 0.29) is 0 Å². The van der Waals surface area contributed by atoms with E-state index in [0.717, 1.165) is 22.4 Å². The first-order chi connectivity index (χ1) is 11.2. The zero-order valence-electron chi connectivity index (χ0n) is 12.9. The van der Waals surface area contributed by atoms with Crippen LogP contribution in [0, 0.1) is 0 Å². The van der Waals surface area contributed by atoms with Gasteiger partial charge in [-0.1, -0.05) is 91.5 Å². The van der Waals surface area contributed by atoms with Gasteiger partial charge in [-0.15, -0.1) is 0 Å². The molecule has 0 heterocycles. The molecule has 0 amide bonds. The fraction of sp³-hybridized carbons (Fsp3) is 0. The lowest BCUT2D eigenvalue weighted by molar-refractivity contribution is 1.50. The molecule has 23 heavy (non-hydrogen) atoms. The summed E-state index contributed by atoms with van der Waals surface area (Å²) >= 11 is 0. The Morgan fingerprint density at radius 2 is 1.17 bits per heavy atom. The third-order valence-electron chi connectivity index (χ3n) is 3.80. The summed E-state index contributed by atoms with van der Waals surface area (Å²) in [7, 11) is 0. The van der Waals surface area contributed by atoms with Gasteiger partial charge in [-0.05, 0) is 33.9 Å². The topological polar surface area (TPSA) is 26.0 Å². The average molecular weight is 297 g/mol. The van der Waals surface area contributed by atoms with Gasteiger partial charge in [0, 0.05) is 5.70 Å². The summed E-state index contributed by atoms with van der Waals surface area (Å²) in [6.45, 7) is 4.10. The molecule has 0 aromatic heterocycles. The third-order valence-corrected chi connectivity index (χ3v) is 3.80. The lowest BCUT2D eigenvalue weighted by atomic mass is 10.0. The number of hydrogen-bond acceptors (Lipinski definition) is 1. The number of nitrogens with two attached hydrogens (primary N) is 1. The predicted octanol–water partition coefficient (Wildman–Crippen LogP) is 5.37. The second-order valence-corrected chi connectivity index (χ2v) is 5.43. The minimum Gasteiger partial charge on any atom is -0.398 e. The zero-order valence-corrected chi connectivity index (χ0v) is 12.9. The van der Waals surface area contributed by atoms with Crippen molar-refractivity contribution in [1.29, 1.82) is 0 Å². The standard InChI is InChI=1S/C22H19N/c1-17(18-8-4-2-5-9-18)16-22(23)21-14-12-20(13-15-21)19-10-6-3-7-11-19/h2-16H,1,23H2/b22-16-. The van der Waals surface area contributed by atoms with Gasteiger partial charge in [0.05, 0.1) is 0 Å². The van der Waals surface area contributed by atoms with Gasteiger partial charge in [-0.25, -0.2) is 0 Å². The van der Waals surface area contributed by atoms with Crippen LogP contribution in [-0.2, 0) is 0 Å². The molecule has 0 aliphatic rings. The van der Waals surface area contributed by atoms with Gasteiger partial charge in [0.25, 0.3) is 0 Å². The van der Waals surface area contributed by atoms with Crippen molar-refractivity contribution in [2.24, 2.45) is 5.73 Å². The monoisotopic (exact) mass is 297 g/mol. The molecule has 0 aliphatic carbocycles. The maximum Gasteiger partial charge on any atom is 0.0393 e. The van der Waals surface area contributed by atoms with E-state index in [0.29, 0.717) is 0 Å². The molecule has 0 spiro atoms. The molecule has 1 nitrogen and oxygen atoms in total. The van der Waals surface area contributed by atoms with Crippen molar-refractivity contribution in [1.82, 2.24) is 0 Å². The Balaban J connectivity index is 1.82. The number of allylic oxidation sites excluding steroid dienone is 2. The molecular weight excluding hydrogens is 278 g/mol. The summed E-state index contributed by atoms with van der Waals surface area (Å²) in [5.74, 6) is 0. The first-order valence-electron chi connectivity index (χ1n) is 7.61. The van der Waals surface area contributed by atoms with Gasteiger partial charge in [0.15, 0.2) is 0 Å². The molecule has 0 aliphatic heterocycles. The van der Waals surface area contributed by atoms with Gasteiger partial charge in [0.2, 0.25) is 0 Å². The van der Waals surface area contributed by atoms with Crippen molar-refractivity contribution in [3.05, 3.63) is 109 Å². The second-order valence-electron chi connectivity index (χ2n) is 5.43. The summed E-state index contributed by atoms with van der Waals surface area (Å²) in [4.78, 5) is 0. The van der Waals surface area contributed by atoms with Gasteiger partial charge < -0.3 is 5.73 Å². The molecule has 0 bridgehead atoms. The minimum atomic E-state index is 0.721. The lowest BCUT2D eigenvalue weighted by Crippen LogP contribution is -1.96. The third kappa shape index (κ3) is 3.58. The van der Waals surface area contributed by atoms with Gasteiger partial charge in [-0.3, -0.25) is 0 Å². The predicted molar refractivity (Wildman–Crippen MR) is 99.5 cm³/mol. The van der Waals surface area contributed by atoms with Crippen molar-refractivity contribution in [3.63, 3.8) is 0 Å². The van der Waals surface area contributed by atoms with E-state index in [2.05, 4.69) is 30.8 Å². The van der Waals surface area contributed by atoms with Crippen molar-refractivity contribution in [3.8, 4) is 11.1 Å². The van der Waals surface area contributed by atoms with Crippen LogP contribution in [0.4, 0.5) is 0 Å². The summed E-state index contributed by atoms with van der Waals surface area (Å²) in [5.41, 5.74) is 12.3. The number of rotatable bonds is 4. The van der Waals surface area contributed by atoms with Crippen molar-refractivity contribution >= 4 is 11.3 Å². The maximum absolute atomic E-state index is 6.22. The molecule has 3 aromatic carbocycles. The van der Waals surface area contributed by atoms with Crippen LogP contribution in [0.1, 0.15) is 11.1 Å². The van der Waals surface area contributed by atoms with Crippen LogP contribution in [-0.4, -0.2) is 0 Å². The molecule has 0 saturated heterocycles. The quantitative estimate of drug-likeness (QED) is 0.644. The Labute approximate surface area is 137 Å². The summed E-state index contributed by atoms with van der Waals surface area (Å²) < 4.78 is 0. The fourth-order valence-corrected chi connectivity index (χ4v) is 2.49. The Kier molecular flexibility index (Phi) is 4.39. The van der Waals surface area contributed by atoms with Gasteiger partial charge >= 0.3 is 0 Å². The SMILES string of the molecule is C=C(/C=C(\N)c1ccc(-c2ccccc2)cc1)c1ccccc1. The average Bonchev–Trinajstić information content (AvgIpc) is 2.63. The van der Waals surface area contributed by atoms with Crippen molar-refractivity contribution in [2.45, 2.75) is 0 Å². The molecule has 0 unspecified atom stereocenters. The van der Waals surface area contributed by atoms with Gasteiger partial charge in [0.1, 0.15) is 0 Å². The molecule has 0 saturated carbocycles. The smallest absolute Gasteiger partial charge is 0.0393 e. The van der Waals surface area contributed by atoms with Crippen LogP contribution < -0.4 is 5.73 Å². The van der Waals surface area contributed by atoms with Crippen molar-refractivity contribution in [2.75, 3.05) is 0 Å². The summed E-state index contributed by atoms with van der Waals surface area (Å²) in [5, 5.41) is 0. The number of hydrogen-bond donors (Lipinski definition) is 1. The number of benzene rings is 3. The van der Waals surface area contributed by atoms with E-state index in [9.17, 15) is 0 Å². The van der Waals surface area contributed by atoms with Crippen LogP contribution in [0.3, 0.4) is 0 Å². The maximum atomic E-state index is 6.22.